The Labute approximate surface area is 223 Å². The number of benzene rings is 3. The van der Waals surface area contributed by atoms with E-state index in [4.69, 9.17) is 0 Å². The number of fused-ring (bicyclic) bond motifs is 1. The van der Waals surface area contributed by atoms with Gasteiger partial charge in [-0.1, -0.05) is 42.0 Å². The molecule has 2 heterocycles. The molecule has 37 heavy (non-hydrogen) atoms. The zero-order chi connectivity index (χ0) is 25.9. The maximum Gasteiger partial charge on any atom is 0.254 e. The van der Waals surface area contributed by atoms with Crippen LogP contribution >= 0.6 is 11.8 Å². The molecule has 0 bridgehead atoms. The third-order valence-corrected chi connectivity index (χ3v) is 8.22. The first-order chi connectivity index (χ1) is 17.9. The minimum absolute atomic E-state index is 0.00781. The summed E-state index contributed by atoms with van der Waals surface area (Å²) >= 11 is 1.74. The van der Waals surface area contributed by atoms with Crippen molar-refractivity contribution in [3.63, 3.8) is 0 Å². The molecule has 1 fully saturated rings. The van der Waals surface area contributed by atoms with Crippen molar-refractivity contribution in [2.24, 2.45) is 0 Å². The van der Waals surface area contributed by atoms with Gasteiger partial charge in [0.2, 0.25) is 5.91 Å². The fraction of sp³-hybridized carbons (Fsp3) is 0.333. The van der Waals surface area contributed by atoms with Gasteiger partial charge < -0.3 is 20.4 Å². The molecule has 1 unspecified atom stereocenters. The summed E-state index contributed by atoms with van der Waals surface area (Å²) in [5.74, 6) is 1.48. The lowest BCUT2D eigenvalue weighted by atomic mass is 10.1. The van der Waals surface area contributed by atoms with Gasteiger partial charge in [-0.3, -0.25) is 9.59 Å². The molecule has 7 heteroatoms. The van der Waals surface area contributed by atoms with E-state index in [0.717, 1.165) is 24.5 Å². The van der Waals surface area contributed by atoms with Crippen molar-refractivity contribution in [3.8, 4) is 0 Å². The third-order valence-electron chi connectivity index (χ3n) is 7.12. The summed E-state index contributed by atoms with van der Waals surface area (Å²) in [4.78, 5) is 30.3. The molecule has 5 rings (SSSR count). The quantitative estimate of drug-likeness (QED) is 0.471. The zero-order valence-corrected chi connectivity index (χ0v) is 22.5. The summed E-state index contributed by atoms with van der Waals surface area (Å²) < 4.78 is 0. The molecule has 2 aliphatic heterocycles. The predicted molar refractivity (Wildman–Crippen MR) is 154 cm³/mol. The van der Waals surface area contributed by atoms with Crippen molar-refractivity contribution >= 4 is 40.6 Å². The van der Waals surface area contributed by atoms with E-state index in [9.17, 15) is 9.59 Å². The normalized spacial score (nSPS) is 17.2. The monoisotopic (exact) mass is 514 g/mol. The molecule has 3 aromatic rings. The van der Waals surface area contributed by atoms with Crippen LogP contribution in [0.2, 0.25) is 0 Å². The number of aryl methyl sites for hydroxylation is 3. The maximum atomic E-state index is 13.3. The fourth-order valence-electron chi connectivity index (χ4n) is 4.87. The van der Waals surface area contributed by atoms with Crippen molar-refractivity contribution in [1.82, 2.24) is 4.90 Å². The number of amides is 2. The van der Waals surface area contributed by atoms with Crippen LogP contribution in [0, 0.1) is 20.8 Å². The molecule has 0 saturated carbocycles. The van der Waals surface area contributed by atoms with E-state index in [1.165, 1.54) is 27.9 Å². The Hall–Kier alpha value is -3.45. The number of nitrogens with zero attached hydrogens (tertiary/aromatic N) is 2. The molecule has 3 aromatic carbocycles. The van der Waals surface area contributed by atoms with Crippen molar-refractivity contribution in [2.75, 3.05) is 47.5 Å². The van der Waals surface area contributed by atoms with E-state index in [0.29, 0.717) is 30.1 Å². The molecule has 2 amide bonds. The van der Waals surface area contributed by atoms with Gasteiger partial charge in [0.1, 0.15) is 6.04 Å². The van der Waals surface area contributed by atoms with E-state index in [1.807, 2.05) is 17.0 Å². The van der Waals surface area contributed by atoms with E-state index in [-0.39, 0.29) is 17.9 Å². The summed E-state index contributed by atoms with van der Waals surface area (Å²) in [6.45, 7) is 9.29. The average Bonchev–Trinajstić information content (AvgIpc) is 2.91. The van der Waals surface area contributed by atoms with Gasteiger partial charge >= 0.3 is 0 Å². The summed E-state index contributed by atoms with van der Waals surface area (Å²) in [6, 6.07) is 20.3. The van der Waals surface area contributed by atoms with Crippen LogP contribution in [0.1, 0.15) is 32.6 Å². The van der Waals surface area contributed by atoms with Gasteiger partial charge in [0.25, 0.3) is 5.91 Å². The standard InChI is InChI=1S/C30H34N4O2S/c1-20-5-8-23(9-6-20)18-37-19-27-29(35)32-26-17-24(10-11-25(26)31-27)30(36)34-14-12-33(13-15-34)28-16-21(2)4-7-22(28)3/h4-11,16-17,27,31H,12-15,18-19H2,1-3H3,(H,32,35). The lowest BCUT2D eigenvalue weighted by Crippen LogP contribution is -2.49. The Bertz CT molecular complexity index is 1300. The van der Waals surface area contributed by atoms with Crippen LogP contribution in [0.3, 0.4) is 0 Å². The zero-order valence-electron chi connectivity index (χ0n) is 21.7. The second-order valence-corrected chi connectivity index (χ2v) is 11.0. The third kappa shape index (κ3) is 5.77. The number of rotatable bonds is 6. The highest BCUT2D eigenvalue weighted by Gasteiger charge is 2.28. The number of hydrogen-bond acceptors (Lipinski definition) is 5. The van der Waals surface area contributed by atoms with E-state index in [2.05, 4.69) is 78.8 Å². The first-order valence-corrected chi connectivity index (χ1v) is 14.0. The summed E-state index contributed by atoms with van der Waals surface area (Å²) in [6.07, 6.45) is 0. The molecule has 6 nitrogen and oxygen atoms in total. The van der Waals surface area contributed by atoms with Crippen LogP contribution in [-0.2, 0) is 10.5 Å². The van der Waals surface area contributed by atoms with Gasteiger partial charge in [0, 0.05) is 48.9 Å². The van der Waals surface area contributed by atoms with Crippen LogP contribution in [0.25, 0.3) is 0 Å². The minimum Gasteiger partial charge on any atom is -0.371 e. The van der Waals surface area contributed by atoms with Gasteiger partial charge in [0.05, 0.1) is 11.4 Å². The van der Waals surface area contributed by atoms with Gasteiger partial charge in [-0.2, -0.15) is 11.8 Å². The molecular formula is C30H34N4O2S. The molecule has 2 aliphatic rings. The van der Waals surface area contributed by atoms with Crippen molar-refractivity contribution in [2.45, 2.75) is 32.6 Å². The van der Waals surface area contributed by atoms with E-state index >= 15 is 0 Å². The molecule has 0 spiro atoms. The highest BCUT2D eigenvalue weighted by atomic mass is 32.2. The van der Waals surface area contributed by atoms with Gasteiger partial charge in [-0.25, -0.2) is 0 Å². The van der Waals surface area contributed by atoms with Crippen molar-refractivity contribution in [1.29, 1.82) is 0 Å². The van der Waals surface area contributed by atoms with Gasteiger partial charge in [-0.05, 0) is 61.7 Å². The number of carbonyl (C=O) groups excluding carboxylic acids is 2. The topological polar surface area (TPSA) is 64.7 Å². The minimum atomic E-state index is -0.303. The molecule has 1 atom stereocenters. The number of thioether (sulfide) groups is 1. The van der Waals surface area contributed by atoms with Crippen molar-refractivity contribution in [3.05, 3.63) is 88.5 Å². The van der Waals surface area contributed by atoms with Crippen LogP contribution in [0.5, 0.6) is 0 Å². The lowest BCUT2D eigenvalue weighted by molar-refractivity contribution is -0.116. The second kappa shape index (κ2) is 10.9. The molecular weight excluding hydrogens is 480 g/mol. The maximum absolute atomic E-state index is 13.3. The van der Waals surface area contributed by atoms with Gasteiger partial charge in [0.15, 0.2) is 0 Å². The smallest absolute Gasteiger partial charge is 0.254 e. The van der Waals surface area contributed by atoms with Crippen LogP contribution in [0.4, 0.5) is 17.1 Å². The Morgan fingerprint density at radius 2 is 1.62 bits per heavy atom. The van der Waals surface area contributed by atoms with E-state index < -0.39 is 0 Å². The Balaban J connectivity index is 1.17. The number of piperazine rings is 1. The van der Waals surface area contributed by atoms with Gasteiger partial charge in [-0.15, -0.1) is 0 Å². The second-order valence-electron chi connectivity index (χ2n) is 10.0. The fourth-order valence-corrected chi connectivity index (χ4v) is 5.89. The average molecular weight is 515 g/mol. The Morgan fingerprint density at radius 3 is 2.38 bits per heavy atom. The number of anilines is 3. The molecule has 0 aliphatic carbocycles. The number of carbonyl (C=O) groups is 2. The molecule has 0 aromatic heterocycles. The predicted octanol–water partition coefficient (Wildman–Crippen LogP) is 5.24. The van der Waals surface area contributed by atoms with Crippen LogP contribution in [0.15, 0.2) is 60.7 Å². The SMILES string of the molecule is Cc1ccc(CSCC2Nc3ccc(C(=O)N4CCN(c5cc(C)ccc5C)CC4)cc3NC2=O)cc1. The number of nitrogens with one attached hydrogen (secondary N) is 2. The first-order valence-electron chi connectivity index (χ1n) is 12.8. The summed E-state index contributed by atoms with van der Waals surface area (Å²) in [5.41, 5.74) is 8.39. The first kappa shape index (κ1) is 25.2. The summed E-state index contributed by atoms with van der Waals surface area (Å²) in [7, 11) is 0. The largest absolute Gasteiger partial charge is 0.371 e. The van der Waals surface area contributed by atoms with Crippen LogP contribution < -0.4 is 15.5 Å². The number of hydrogen-bond donors (Lipinski definition) is 2. The summed E-state index contributed by atoms with van der Waals surface area (Å²) in [5, 5.41) is 6.37. The Kier molecular flexibility index (Phi) is 7.42. The highest BCUT2D eigenvalue weighted by molar-refractivity contribution is 7.98. The Morgan fingerprint density at radius 1 is 0.892 bits per heavy atom. The molecule has 192 valence electrons. The van der Waals surface area contributed by atoms with E-state index in [1.54, 1.807) is 17.8 Å². The van der Waals surface area contributed by atoms with Crippen LogP contribution in [-0.4, -0.2) is 54.7 Å². The van der Waals surface area contributed by atoms with Crippen molar-refractivity contribution < 1.29 is 9.59 Å². The highest BCUT2D eigenvalue weighted by Crippen LogP contribution is 2.30. The molecule has 0 radical (unpaired) electrons. The molecule has 2 N–H and O–H groups in total. The molecule has 1 saturated heterocycles. The lowest BCUT2D eigenvalue weighted by Gasteiger charge is -2.37.